The van der Waals surface area contributed by atoms with Gasteiger partial charge in [-0.1, -0.05) is 54.6 Å². The molecule has 0 N–H and O–H groups in total. The van der Waals surface area contributed by atoms with Crippen LogP contribution in [0.2, 0.25) is 0 Å². The Bertz CT molecular complexity index is 1880. The topological polar surface area (TPSA) is 68.7 Å². The van der Waals surface area contributed by atoms with Gasteiger partial charge < -0.3 is 9.30 Å². The number of ether oxygens (including phenoxy) is 1. The Morgan fingerprint density at radius 3 is 2.50 bits per heavy atom. The molecule has 0 radical (unpaired) electrons. The predicted octanol–water partition coefficient (Wildman–Crippen LogP) is 7.21. The molecule has 4 aromatic carbocycles. The minimum Gasteiger partial charge on any atom is -0.489 e. The van der Waals surface area contributed by atoms with Crippen molar-refractivity contribution in [3.05, 3.63) is 132 Å². The minimum atomic E-state index is -0.282. The smallest absolute Gasteiger partial charge is 0.151 e. The molecule has 0 unspecified atom stereocenters. The highest BCUT2D eigenvalue weighted by Gasteiger charge is 2.16. The molecule has 0 saturated carbocycles. The quantitative estimate of drug-likeness (QED) is 0.207. The van der Waals surface area contributed by atoms with Gasteiger partial charge in [0, 0.05) is 24.4 Å². The van der Waals surface area contributed by atoms with E-state index < -0.39 is 0 Å². The van der Waals surface area contributed by atoms with E-state index in [1.165, 1.54) is 12.1 Å². The van der Waals surface area contributed by atoms with E-state index >= 15 is 0 Å². The summed E-state index contributed by atoms with van der Waals surface area (Å²) in [6, 6.07) is 33.9. The Morgan fingerprint density at radius 1 is 0.950 bits per heavy atom. The highest BCUT2D eigenvalue weighted by Crippen LogP contribution is 2.31. The first-order chi connectivity index (χ1) is 19.6. The standard InChI is InChI=1S/C33H24FN5O/c1-38-31-13-6-5-12-30(31)36-33(38)25(20-35)18-26-21-39(28-9-3-2-4-10-28)37-32(26)24-8-7-11-29(19-24)40-22-23-14-16-27(34)17-15-23/h2-19,21H,22H2,1H3/b25-18-. The summed E-state index contributed by atoms with van der Waals surface area (Å²) in [5, 5.41) is 15.1. The third kappa shape index (κ3) is 4.98. The number of fused-ring (bicyclic) bond motifs is 1. The Balaban J connectivity index is 1.41. The van der Waals surface area contributed by atoms with Crippen molar-refractivity contribution in [2.45, 2.75) is 6.61 Å². The van der Waals surface area contributed by atoms with Crippen molar-refractivity contribution < 1.29 is 9.13 Å². The van der Waals surface area contributed by atoms with E-state index in [9.17, 15) is 9.65 Å². The van der Waals surface area contributed by atoms with Crippen molar-refractivity contribution in [2.24, 2.45) is 7.05 Å². The minimum absolute atomic E-state index is 0.282. The number of hydrogen-bond donors (Lipinski definition) is 0. The van der Waals surface area contributed by atoms with Gasteiger partial charge in [0.25, 0.3) is 0 Å². The van der Waals surface area contributed by atoms with Crippen LogP contribution < -0.4 is 4.74 Å². The van der Waals surface area contributed by atoms with E-state index in [2.05, 4.69) is 6.07 Å². The maximum absolute atomic E-state index is 13.3. The van der Waals surface area contributed by atoms with Crippen LogP contribution in [0.4, 0.5) is 4.39 Å². The first kappa shape index (κ1) is 24.8. The number of halogens is 1. The number of allylic oxidation sites excluding steroid dienone is 1. The molecule has 0 fully saturated rings. The molecule has 0 spiro atoms. The molecule has 40 heavy (non-hydrogen) atoms. The fourth-order valence-electron chi connectivity index (χ4n) is 4.60. The van der Waals surface area contributed by atoms with E-state index in [4.69, 9.17) is 14.8 Å². The van der Waals surface area contributed by atoms with Crippen LogP contribution in [-0.2, 0) is 13.7 Å². The lowest BCUT2D eigenvalue weighted by molar-refractivity contribution is 0.306. The monoisotopic (exact) mass is 525 g/mol. The number of aryl methyl sites for hydroxylation is 1. The zero-order valence-corrected chi connectivity index (χ0v) is 21.7. The van der Waals surface area contributed by atoms with Crippen molar-refractivity contribution in [1.29, 1.82) is 5.26 Å². The van der Waals surface area contributed by atoms with Gasteiger partial charge in [-0.25, -0.2) is 14.1 Å². The number of imidazole rings is 1. The summed E-state index contributed by atoms with van der Waals surface area (Å²) in [7, 11) is 1.91. The Hall–Kier alpha value is -5.48. The summed E-state index contributed by atoms with van der Waals surface area (Å²) < 4.78 is 23.0. The zero-order valence-electron chi connectivity index (χ0n) is 21.7. The molecule has 194 valence electrons. The normalized spacial score (nSPS) is 11.5. The number of nitriles is 1. The number of aromatic nitrogens is 4. The van der Waals surface area contributed by atoms with Crippen molar-refractivity contribution in [1.82, 2.24) is 19.3 Å². The van der Waals surface area contributed by atoms with Crippen LogP contribution in [0.25, 0.3) is 39.6 Å². The first-order valence-corrected chi connectivity index (χ1v) is 12.8. The summed E-state index contributed by atoms with van der Waals surface area (Å²) in [5.41, 5.74) is 6.26. The van der Waals surface area contributed by atoms with Gasteiger partial charge >= 0.3 is 0 Å². The fourth-order valence-corrected chi connectivity index (χ4v) is 4.60. The first-order valence-electron chi connectivity index (χ1n) is 12.8. The molecule has 0 aliphatic rings. The van der Waals surface area contributed by atoms with Crippen molar-refractivity contribution in [3.63, 3.8) is 0 Å². The molecule has 0 amide bonds. The van der Waals surface area contributed by atoms with Gasteiger partial charge in [-0.2, -0.15) is 10.4 Å². The average molecular weight is 526 g/mol. The molecule has 0 saturated heterocycles. The molecule has 0 bridgehead atoms. The van der Waals surface area contributed by atoms with Crippen LogP contribution in [0.15, 0.2) is 109 Å². The van der Waals surface area contributed by atoms with Crippen LogP contribution in [0, 0.1) is 17.1 Å². The van der Waals surface area contributed by atoms with Crippen molar-refractivity contribution >= 4 is 22.7 Å². The maximum atomic E-state index is 13.3. The van der Waals surface area contributed by atoms with Gasteiger partial charge in [0.15, 0.2) is 5.82 Å². The summed E-state index contributed by atoms with van der Waals surface area (Å²) in [4.78, 5) is 4.72. The Kier molecular flexibility index (Phi) is 6.65. The molecule has 6 aromatic rings. The summed E-state index contributed by atoms with van der Waals surface area (Å²) in [6.07, 6.45) is 3.74. The van der Waals surface area contributed by atoms with E-state index in [1.807, 2.05) is 103 Å². The molecule has 0 aliphatic carbocycles. The third-order valence-electron chi connectivity index (χ3n) is 6.64. The van der Waals surface area contributed by atoms with E-state index in [0.29, 0.717) is 29.4 Å². The molecule has 2 heterocycles. The van der Waals surface area contributed by atoms with Gasteiger partial charge in [-0.3, -0.25) is 0 Å². The fraction of sp³-hybridized carbons (Fsp3) is 0.0606. The van der Waals surface area contributed by atoms with Crippen LogP contribution in [-0.4, -0.2) is 19.3 Å². The number of rotatable bonds is 7. The van der Waals surface area contributed by atoms with Gasteiger partial charge in [0.1, 0.15) is 29.9 Å². The SMILES string of the molecule is Cn1c(/C(C#N)=C\c2cn(-c3ccccc3)nc2-c2cccc(OCc3ccc(F)cc3)c2)nc2ccccc21. The van der Waals surface area contributed by atoms with E-state index in [1.54, 1.807) is 16.8 Å². The van der Waals surface area contributed by atoms with E-state index in [-0.39, 0.29) is 5.82 Å². The average Bonchev–Trinajstić information content (AvgIpc) is 3.57. The van der Waals surface area contributed by atoms with Crippen LogP contribution >= 0.6 is 0 Å². The third-order valence-corrected chi connectivity index (χ3v) is 6.64. The van der Waals surface area contributed by atoms with Gasteiger partial charge in [-0.05, 0) is 60.2 Å². The lowest BCUT2D eigenvalue weighted by atomic mass is 10.1. The van der Waals surface area contributed by atoms with E-state index in [0.717, 1.165) is 33.4 Å². The second-order valence-electron chi connectivity index (χ2n) is 9.31. The predicted molar refractivity (Wildman–Crippen MR) is 154 cm³/mol. The highest BCUT2D eigenvalue weighted by atomic mass is 19.1. The molecule has 0 aliphatic heterocycles. The van der Waals surface area contributed by atoms with Gasteiger partial charge in [-0.15, -0.1) is 0 Å². The molecular weight excluding hydrogens is 501 g/mol. The number of benzene rings is 4. The number of hydrogen-bond acceptors (Lipinski definition) is 4. The van der Waals surface area contributed by atoms with Crippen LogP contribution in [0.5, 0.6) is 5.75 Å². The number of nitrogens with zero attached hydrogens (tertiary/aromatic N) is 5. The maximum Gasteiger partial charge on any atom is 0.151 e. The molecule has 7 heteroatoms. The van der Waals surface area contributed by atoms with Gasteiger partial charge in [0.2, 0.25) is 0 Å². The summed E-state index contributed by atoms with van der Waals surface area (Å²) in [6.45, 7) is 0.306. The van der Waals surface area contributed by atoms with Crippen LogP contribution in [0.1, 0.15) is 17.0 Å². The lowest BCUT2D eigenvalue weighted by Gasteiger charge is -2.08. The molecule has 6 rings (SSSR count). The lowest BCUT2D eigenvalue weighted by Crippen LogP contribution is -1.97. The molecule has 6 nitrogen and oxygen atoms in total. The van der Waals surface area contributed by atoms with Crippen molar-refractivity contribution in [3.8, 4) is 28.8 Å². The Morgan fingerprint density at radius 2 is 1.73 bits per heavy atom. The van der Waals surface area contributed by atoms with Crippen LogP contribution in [0.3, 0.4) is 0 Å². The van der Waals surface area contributed by atoms with Gasteiger partial charge in [0.05, 0.1) is 22.3 Å². The second-order valence-corrected chi connectivity index (χ2v) is 9.31. The molecule has 0 atom stereocenters. The highest BCUT2D eigenvalue weighted by molar-refractivity contribution is 5.93. The summed E-state index contributed by atoms with van der Waals surface area (Å²) in [5.74, 6) is 0.955. The van der Waals surface area contributed by atoms with Crippen molar-refractivity contribution in [2.75, 3.05) is 0 Å². The number of para-hydroxylation sites is 3. The molecule has 2 aromatic heterocycles. The largest absolute Gasteiger partial charge is 0.489 e. The Labute approximate surface area is 230 Å². The molecular formula is C33H24FN5O. The summed E-state index contributed by atoms with van der Waals surface area (Å²) >= 11 is 0. The zero-order chi connectivity index (χ0) is 27.5. The second kappa shape index (κ2) is 10.7.